The van der Waals surface area contributed by atoms with Crippen molar-refractivity contribution in [3.05, 3.63) is 0 Å². The molecule has 2 atom stereocenters. The molecule has 0 aromatic carbocycles. The molecule has 6 N–H and O–H groups in total. The van der Waals surface area contributed by atoms with Crippen molar-refractivity contribution in [1.29, 1.82) is 0 Å². The van der Waals surface area contributed by atoms with E-state index in [0.717, 1.165) is 0 Å². The Hall–Kier alpha value is -1.14. The fourth-order valence-corrected chi connectivity index (χ4v) is 0.883. The van der Waals surface area contributed by atoms with E-state index in [4.69, 9.17) is 16.6 Å². The third kappa shape index (κ3) is 4.78. The van der Waals surface area contributed by atoms with Crippen LogP contribution in [-0.2, 0) is 9.59 Å². The number of hydrogen-bond donors (Lipinski definition) is 4. The van der Waals surface area contributed by atoms with Gasteiger partial charge in [-0.3, -0.25) is 4.79 Å². The highest BCUT2D eigenvalue weighted by Crippen LogP contribution is 1.96. The maximum absolute atomic E-state index is 11.1. The molecule has 14 heavy (non-hydrogen) atoms. The molecule has 6 heteroatoms. The van der Waals surface area contributed by atoms with Crippen LogP contribution in [0.25, 0.3) is 0 Å². The van der Waals surface area contributed by atoms with Crippen LogP contribution < -0.4 is 16.8 Å². The number of hydrogen-bond acceptors (Lipinski definition) is 4. The van der Waals surface area contributed by atoms with Gasteiger partial charge in [-0.05, 0) is 26.3 Å². The Bertz CT molecular complexity index is 206. The number of aliphatic carboxylic acids is 1. The molecule has 0 radical (unpaired) electrons. The topological polar surface area (TPSA) is 118 Å². The van der Waals surface area contributed by atoms with Gasteiger partial charge < -0.3 is 21.9 Å². The summed E-state index contributed by atoms with van der Waals surface area (Å²) in [5.74, 6) is -1.53. The summed E-state index contributed by atoms with van der Waals surface area (Å²) in [7, 11) is 0. The molecule has 0 saturated heterocycles. The first-order chi connectivity index (χ1) is 6.49. The summed E-state index contributed by atoms with van der Waals surface area (Å²) in [6, 6.07) is -1.59. The van der Waals surface area contributed by atoms with Gasteiger partial charge in [-0.25, -0.2) is 4.79 Å². The lowest BCUT2D eigenvalue weighted by molar-refractivity contribution is -0.142. The largest absolute Gasteiger partial charge is 0.480 e. The summed E-state index contributed by atoms with van der Waals surface area (Å²) in [6.45, 7) is 1.90. The van der Waals surface area contributed by atoms with Crippen LogP contribution >= 0.6 is 0 Å². The van der Waals surface area contributed by atoms with Gasteiger partial charge >= 0.3 is 5.97 Å². The molecule has 0 fully saturated rings. The number of carbonyl (C=O) groups excluding carboxylic acids is 1. The highest BCUT2D eigenvalue weighted by atomic mass is 16.4. The zero-order valence-electron chi connectivity index (χ0n) is 8.19. The molecule has 0 heterocycles. The number of carboxylic acid groups (broad SMARTS) is 1. The SMILES string of the molecule is CC(N)C(=O)NC(CCCN)C(=O)O. The number of amides is 1. The van der Waals surface area contributed by atoms with Crippen molar-refractivity contribution in [3.8, 4) is 0 Å². The van der Waals surface area contributed by atoms with Gasteiger partial charge in [0.1, 0.15) is 6.04 Å². The van der Waals surface area contributed by atoms with E-state index in [1.165, 1.54) is 6.92 Å². The van der Waals surface area contributed by atoms with E-state index in [1.807, 2.05) is 0 Å². The van der Waals surface area contributed by atoms with Crippen LogP contribution in [-0.4, -0.2) is 35.6 Å². The molecule has 0 rings (SSSR count). The van der Waals surface area contributed by atoms with Crippen LogP contribution in [0.1, 0.15) is 19.8 Å². The molecule has 2 unspecified atom stereocenters. The second-order valence-electron chi connectivity index (χ2n) is 3.12. The highest BCUT2D eigenvalue weighted by molar-refractivity contribution is 5.86. The molecule has 6 nitrogen and oxygen atoms in total. The second-order valence-corrected chi connectivity index (χ2v) is 3.12. The van der Waals surface area contributed by atoms with Gasteiger partial charge in [0.25, 0.3) is 0 Å². The first kappa shape index (κ1) is 12.9. The van der Waals surface area contributed by atoms with Gasteiger partial charge in [0.05, 0.1) is 6.04 Å². The summed E-state index contributed by atoms with van der Waals surface area (Å²) in [4.78, 5) is 21.8. The minimum Gasteiger partial charge on any atom is -0.480 e. The average Bonchev–Trinajstić information content (AvgIpc) is 2.10. The third-order valence-corrected chi connectivity index (χ3v) is 1.73. The minimum absolute atomic E-state index is 0.324. The zero-order valence-corrected chi connectivity index (χ0v) is 8.19. The van der Waals surface area contributed by atoms with Crippen LogP contribution in [0, 0.1) is 0 Å². The molecule has 0 aliphatic carbocycles. The molecule has 0 bridgehead atoms. The molecular formula is C8H17N3O3. The van der Waals surface area contributed by atoms with E-state index in [0.29, 0.717) is 19.4 Å². The molecule has 1 amide bonds. The van der Waals surface area contributed by atoms with E-state index >= 15 is 0 Å². The van der Waals surface area contributed by atoms with E-state index < -0.39 is 24.0 Å². The Balaban J connectivity index is 4.09. The van der Waals surface area contributed by atoms with E-state index in [2.05, 4.69) is 5.32 Å². The van der Waals surface area contributed by atoms with Gasteiger partial charge in [-0.2, -0.15) is 0 Å². The van der Waals surface area contributed by atoms with Gasteiger partial charge in [-0.1, -0.05) is 0 Å². The number of nitrogens with two attached hydrogens (primary N) is 2. The maximum atomic E-state index is 11.1. The number of carbonyl (C=O) groups is 2. The van der Waals surface area contributed by atoms with Gasteiger partial charge in [0.2, 0.25) is 5.91 Å². The van der Waals surface area contributed by atoms with Crippen molar-refractivity contribution in [2.45, 2.75) is 31.8 Å². The van der Waals surface area contributed by atoms with Crippen molar-refractivity contribution in [3.63, 3.8) is 0 Å². The lowest BCUT2D eigenvalue weighted by atomic mass is 10.1. The van der Waals surface area contributed by atoms with Crippen LogP contribution in [0.4, 0.5) is 0 Å². The van der Waals surface area contributed by atoms with Gasteiger partial charge in [0.15, 0.2) is 0 Å². The highest BCUT2D eigenvalue weighted by Gasteiger charge is 2.20. The van der Waals surface area contributed by atoms with Crippen LogP contribution in [0.15, 0.2) is 0 Å². The Morgan fingerprint density at radius 2 is 2.07 bits per heavy atom. The van der Waals surface area contributed by atoms with Crippen molar-refractivity contribution >= 4 is 11.9 Å². The van der Waals surface area contributed by atoms with Crippen LogP contribution in [0.2, 0.25) is 0 Å². The Kier molecular flexibility index (Phi) is 5.82. The number of nitrogens with one attached hydrogen (secondary N) is 1. The lowest BCUT2D eigenvalue weighted by Gasteiger charge is -2.15. The zero-order chi connectivity index (χ0) is 11.1. The first-order valence-electron chi connectivity index (χ1n) is 4.48. The van der Waals surface area contributed by atoms with E-state index in [-0.39, 0.29) is 0 Å². The molecule has 82 valence electrons. The predicted molar refractivity (Wildman–Crippen MR) is 51.5 cm³/mol. The Morgan fingerprint density at radius 3 is 2.43 bits per heavy atom. The standard InChI is InChI=1S/C8H17N3O3/c1-5(10)7(12)11-6(8(13)14)3-2-4-9/h5-6H,2-4,9-10H2,1H3,(H,11,12)(H,13,14). The van der Waals surface area contributed by atoms with E-state index in [9.17, 15) is 9.59 Å². The Morgan fingerprint density at radius 1 is 1.50 bits per heavy atom. The van der Waals surface area contributed by atoms with Crippen LogP contribution in [0.3, 0.4) is 0 Å². The molecule has 0 aliphatic heterocycles. The molecule has 0 aliphatic rings. The molecule has 0 saturated carbocycles. The van der Waals surface area contributed by atoms with Crippen LogP contribution in [0.5, 0.6) is 0 Å². The smallest absolute Gasteiger partial charge is 0.326 e. The van der Waals surface area contributed by atoms with Gasteiger partial charge in [0, 0.05) is 0 Å². The third-order valence-electron chi connectivity index (χ3n) is 1.73. The summed E-state index contributed by atoms with van der Waals surface area (Å²) in [6.07, 6.45) is 0.875. The summed E-state index contributed by atoms with van der Waals surface area (Å²) in [5.41, 5.74) is 10.5. The molecule has 0 spiro atoms. The van der Waals surface area contributed by atoms with Gasteiger partial charge in [-0.15, -0.1) is 0 Å². The number of rotatable bonds is 6. The minimum atomic E-state index is -1.06. The van der Waals surface area contributed by atoms with E-state index in [1.54, 1.807) is 0 Å². The summed E-state index contributed by atoms with van der Waals surface area (Å²) < 4.78 is 0. The lowest BCUT2D eigenvalue weighted by Crippen LogP contribution is -2.47. The fourth-order valence-electron chi connectivity index (χ4n) is 0.883. The molecular weight excluding hydrogens is 186 g/mol. The molecule has 0 aromatic heterocycles. The maximum Gasteiger partial charge on any atom is 0.326 e. The van der Waals surface area contributed by atoms with Crippen molar-refractivity contribution in [2.24, 2.45) is 11.5 Å². The van der Waals surface area contributed by atoms with Crippen molar-refractivity contribution < 1.29 is 14.7 Å². The summed E-state index contributed by atoms with van der Waals surface area (Å²) in [5, 5.41) is 11.1. The average molecular weight is 203 g/mol. The monoisotopic (exact) mass is 203 g/mol. The molecule has 0 aromatic rings. The summed E-state index contributed by atoms with van der Waals surface area (Å²) >= 11 is 0. The van der Waals surface area contributed by atoms with Crippen molar-refractivity contribution in [2.75, 3.05) is 6.54 Å². The first-order valence-corrected chi connectivity index (χ1v) is 4.48. The predicted octanol–water partition coefficient (Wildman–Crippen LogP) is -1.36. The fraction of sp³-hybridized carbons (Fsp3) is 0.750. The Labute approximate surface area is 82.6 Å². The van der Waals surface area contributed by atoms with Crippen molar-refractivity contribution in [1.82, 2.24) is 5.32 Å². The second kappa shape index (κ2) is 6.33. The number of carboxylic acids is 1. The normalized spacial score (nSPS) is 14.5. The quantitative estimate of drug-likeness (QED) is 0.425.